The maximum absolute atomic E-state index is 11.5. The average molecular weight is 475 g/mol. The molecule has 0 unspecified atom stereocenters. The van der Waals surface area contributed by atoms with Crippen molar-refractivity contribution in [3.05, 3.63) is 20.5 Å². The number of nitrogens with two attached hydrogens (primary N) is 1. The molecule has 0 fully saturated rings. The van der Waals surface area contributed by atoms with E-state index in [2.05, 4.69) is 10.1 Å². The molecule has 0 atom stereocenters. The van der Waals surface area contributed by atoms with Crippen LogP contribution in [0, 0.1) is 0 Å². The van der Waals surface area contributed by atoms with E-state index in [1.165, 1.54) is 10.8 Å². The Balaban J connectivity index is 0.000000343. The first-order valence-corrected chi connectivity index (χ1v) is 10.9. The molecule has 0 saturated heterocycles. The molecular weight excluding hydrogens is 448 g/mol. The number of esters is 2. The van der Waals surface area contributed by atoms with Gasteiger partial charge in [-0.05, 0) is 34.6 Å². The van der Waals surface area contributed by atoms with Gasteiger partial charge in [-0.25, -0.2) is 14.4 Å². The summed E-state index contributed by atoms with van der Waals surface area (Å²) < 4.78 is 14.5. The number of nitrogen functional groups attached to an aromatic ring is 1. The molecule has 12 heteroatoms. The second-order valence-electron chi connectivity index (χ2n) is 6.76. The molecule has 0 spiro atoms. The number of carbonyl (C=O) groups excluding carboxylic acids is 3. The van der Waals surface area contributed by atoms with Gasteiger partial charge in [0, 0.05) is 10.8 Å². The first-order chi connectivity index (χ1) is 14.4. The van der Waals surface area contributed by atoms with Crippen LogP contribution in [-0.4, -0.2) is 47.1 Å². The van der Waals surface area contributed by atoms with E-state index in [4.69, 9.17) is 15.2 Å². The van der Waals surface area contributed by atoms with Gasteiger partial charge in [0.15, 0.2) is 21.3 Å². The summed E-state index contributed by atoms with van der Waals surface area (Å²) in [5.74, 6) is -1.65. The van der Waals surface area contributed by atoms with Crippen LogP contribution < -0.4 is 11.1 Å². The maximum atomic E-state index is 11.5. The van der Waals surface area contributed by atoms with E-state index in [0.29, 0.717) is 0 Å². The van der Waals surface area contributed by atoms with Gasteiger partial charge in [-0.15, -0.1) is 22.7 Å². The van der Waals surface area contributed by atoms with Crippen LogP contribution in [0.25, 0.3) is 0 Å². The summed E-state index contributed by atoms with van der Waals surface area (Å²) in [6.45, 7) is 9.05. The largest absolute Gasteiger partial charge is 0.504 e. The topological polar surface area (TPSA) is 157 Å². The number of hydrogen-bond donors (Lipinski definition) is 4. The van der Waals surface area contributed by atoms with Crippen molar-refractivity contribution in [1.29, 1.82) is 0 Å². The Morgan fingerprint density at radius 3 is 1.87 bits per heavy atom. The van der Waals surface area contributed by atoms with Crippen LogP contribution in [0.5, 0.6) is 11.5 Å². The number of thiophene rings is 2. The number of amides is 1. The predicted octanol–water partition coefficient (Wildman–Crippen LogP) is 4.19. The number of aromatic hydroxyl groups is 2. The van der Waals surface area contributed by atoms with Gasteiger partial charge in [0.05, 0.1) is 24.6 Å². The van der Waals surface area contributed by atoms with Crippen LogP contribution in [0.3, 0.4) is 0 Å². The summed E-state index contributed by atoms with van der Waals surface area (Å²) in [4.78, 5) is 34.3. The van der Waals surface area contributed by atoms with Crippen molar-refractivity contribution in [3.8, 4) is 11.5 Å². The maximum Gasteiger partial charge on any atom is 0.412 e. The zero-order chi connectivity index (χ0) is 23.8. The lowest BCUT2D eigenvalue weighted by Crippen LogP contribution is -2.27. The molecule has 2 heterocycles. The Hall–Kier alpha value is -2.99. The van der Waals surface area contributed by atoms with Crippen LogP contribution in [0.2, 0.25) is 0 Å². The average Bonchev–Trinajstić information content (AvgIpc) is 3.17. The lowest BCUT2D eigenvalue weighted by molar-refractivity contribution is 0.0519. The van der Waals surface area contributed by atoms with Gasteiger partial charge in [0.25, 0.3) is 0 Å². The quantitative estimate of drug-likeness (QED) is 0.368. The molecule has 172 valence electrons. The molecule has 0 aliphatic rings. The van der Waals surface area contributed by atoms with Crippen molar-refractivity contribution in [2.45, 2.75) is 40.2 Å². The molecule has 0 bridgehead atoms. The minimum atomic E-state index is -0.698. The number of anilines is 2. The molecule has 0 aliphatic heterocycles. The molecule has 2 aromatic heterocycles. The van der Waals surface area contributed by atoms with Gasteiger partial charge in [0.2, 0.25) is 0 Å². The Kier molecular flexibility index (Phi) is 9.59. The zero-order valence-corrected chi connectivity index (χ0v) is 19.4. The summed E-state index contributed by atoms with van der Waals surface area (Å²) in [5.41, 5.74) is 5.03. The van der Waals surface area contributed by atoms with E-state index in [0.717, 1.165) is 22.7 Å². The highest BCUT2D eigenvalue weighted by molar-refractivity contribution is 7.13. The lowest BCUT2D eigenvalue weighted by atomic mass is 10.2. The van der Waals surface area contributed by atoms with Gasteiger partial charge < -0.3 is 30.2 Å². The monoisotopic (exact) mass is 474 g/mol. The SMILES string of the molecule is CCOC(=O)c1scc(N)c1O.CCOC(=O)c1scc(NC(=O)OC(C)(C)C)c1O. The van der Waals surface area contributed by atoms with Gasteiger partial charge in [-0.2, -0.15) is 0 Å². The van der Waals surface area contributed by atoms with Crippen molar-refractivity contribution in [2.24, 2.45) is 0 Å². The molecule has 0 aromatic carbocycles. The number of ether oxygens (including phenoxy) is 3. The number of carbonyl (C=O) groups is 3. The van der Waals surface area contributed by atoms with Crippen molar-refractivity contribution in [1.82, 2.24) is 0 Å². The molecule has 10 nitrogen and oxygen atoms in total. The highest BCUT2D eigenvalue weighted by Gasteiger charge is 2.22. The van der Waals surface area contributed by atoms with E-state index in [-0.39, 0.29) is 45.8 Å². The predicted molar refractivity (Wildman–Crippen MR) is 118 cm³/mol. The van der Waals surface area contributed by atoms with E-state index in [1.54, 1.807) is 34.6 Å². The van der Waals surface area contributed by atoms with Gasteiger partial charge in [0.1, 0.15) is 5.60 Å². The van der Waals surface area contributed by atoms with Crippen LogP contribution in [0.15, 0.2) is 10.8 Å². The number of nitrogens with one attached hydrogen (secondary N) is 1. The fourth-order valence-electron chi connectivity index (χ4n) is 1.90. The normalized spacial score (nSPS) is 10.5. The first-order valence-electron chi connectivity index (χ1n) is 9.11. The summed E-state index contributed by atoms with van der Waals surface area (Å²) in [7, 11) is 0. The summed E-state index contributed by atoms with van der Waals surface area (Å²) in [6, 6.07) is 0. The molecule has 0 aliphatic carbocycles. The Labute approximate surface area is 187 Å². The summed E-state index contributed by atoms with van der Waals surface area (Å²) in [5, 5.41) is 24.4. The van der Waals surface area contributed by atoms with E-state index in [1.807, 2.05) is 0 Å². The second kappa shape index (κ2) is 11.4. The second-order valence-corrected chi connectivity index (χ2v) is 8.52. The zero-order valence-electron chi connectivity index (χ0n) is 17.8. The number of hydrogen-bond acceptors (Lipinski definition) is 11. The van der Waals surface area contributed by atoms with Crippen LogP contribution in [0.4, 0.5) is 16.2 Å². The van der Waals surface area contributed by atoms with Crippen molar-refractivity contribution in [2.75, 3.05) is 24.3 Å². The van der Waals surface area contributed by atoms with Crippen LogP contribution in [0.1, 0.15) is 54.0 Å². The third-order valence-electron chi connectivity index (χ3n) is 3.11. The Morgan fingerprint density at radius 1 is 0.968 bits per heavy atom. The van der Waals surface area contributed by atoms with Crippen LogP contribution in [-0.2, 0) is 14.2 Å². The molecule has 2 rings (SSSR count). The fraction of sp³-hybridized carbons (Fsp3) is 0.421. The van der Waals surface area contributed by atoms with Crippen LogP contribution >= 0.6 is 22.7 Å². The first kappa shape index (κ1) is 26.0. The summed E-state index contributed by atoms with van der Waals surface area (Å²) >= 11 is 2.06. The van der Waals surface area contributed by atoms with E-state index in [9.17, 15) is 24.6 Å². The Morgan fingerprint density at radius 2 is 1.45 bits per heavy atom. The molecule has 1 amide bonds. The van der Waals surface area contributed by atoms with Crippen molar-refractivity contribution in [3.63, 3.8) is 0 Å². The fourth-order valence-corrected chi connectivity index (χ4v) is 3.43. The molecule has 0 saturated carbocycles. The lowest BCUT2D eigenvalue weighted by Gasteiger charge is -2.19. The molecule has 0 radical (unpaired) electrons. The summed E-state index contributed by atoms with van der Waals surface area (Å²) in [6.07, 6.45) is -0.698. The van der Waals surface area contributed by atoms with E-state index < -0.39 is 23.6 Å². The molecular formula is C19H26N2O8S2. The molecule has 5 N–H and O–H groups in total. The third kappa shape index (κ3) is 7.98. The standard InChI is InChI=1S/C12H17NO5S.C7H9NO3S/c1-5-17-10(15)9-8(14)7(6-19-9)13-11(16)18-12(2,3)4;1-2-11-7(10)6-5(9)4(8)3-12-6/h6,14H,5H2,1-4H3,(H,13,16);3,9H,2,8H2,1H3. The number of rotatable bonds is 5. The van der Waals surface area contributed by atoms with Gasteiger partial charge in [-0.3, -0.25) is 5.32 Å². The van der Waals surface area contributed by atoms with Gasteiger partial charge in [-0.1, -0.05) is 0 Å². The van der Waals surface area contributed by atoms with Crippen molar-refractivity contribution >= 4 is 52.1 Å². The minimum absolute atomic E-state index is 0.0490. The smallest absolute Gasteiger partial charge is 0.412 e. The highest BCUT2D eigenvalue weighted by atomic mass is 32.1. The minimum Gasteiger partial charge on any atom is -0.504 e. The highest BCUT2D eigenvalue weighted by Crippen LogP contribution is 2.35. The van der Waals surface area contributed by atoms with Gasteiger partial charge >= 0.3 is 18.0 Å². The molecule has 2 aromatic rings. The Bertz CT molecular complexity index is 915. The molecule has 31 heavy (non-hydrogen) atoms. The third-order valence-corrected chi connectivity index (χ3v) is 5.03. The van der Waals surface area contributed by atoms with E-state index >= 15 is 0 Å². The van der Waals surface area contributed by atoms with Crippen molar-refractivity contribution < 1.29 is 38.8 Å².